The van der Waals surface area contributed by atoms with Gasteiger partial charge in [0.15, 0.2) is 11.6 Å². The summed E-state index contributed by atoms with van der Waals surface area (Å²) in [7, 11) is 3.47. The molecule has 0 amide bonds. The van der Waals surface area contributed by atoms with E-state index in [1.165, 1.54) is 0 Å². The van der Waals surface area contributed by atoms with Crippen LogP contribution in [0.25, 0.3) is 0 Å². The Balaban J connectivity index is 3.09. The number of nitrogens with one attached hydrogen (secondary N) is 1. The molecule has 5 heteroatoms. The molecule has 1 aromatic heterocycles. The van der Waals surface area contributed by atoms with Gasteiger partial charge < -0.3 is 15.0 Å². The number of methoxy groups -OCH3 is 1. The van der Waals surface area contributed by atoms with Crippen molar-refractivity contribution >= 4 is 11.6 Å². The van der Waals surface area contributed by atoms with E-state index >= 15 is 0 Å². The van der Waals surface area contributed by atoms with Crippen molar-refractivity contribution in [2.24, 2.45) is 5.92 Å². The Bertz CT molecular complexity index is 354. The third-order valence-corrected chi connectivity index (χ3v) is 2.49. The van der Waals surface area contributed by atoms with Gasteiger partial charge in [-0.15, -0.1) is 0 Å². The van der Waals surface area contributed by atoms with Crippen molar-refractivity contribution in [3.05, 3.63) is 6.33 Å². The maximum absolute atomic E-state index is 5.40. The summed E-state index contributed by atoms with van der Waals surface area (Å²) in [5.74, 6) is 2.85. The minimum absolute atomic E-state index is 0.577. The van der Waals surface area contributed by atoms with Gasteiger partial charge in [0.25, 0.3) is 0 Å². The zero-order valence-electron chi connectivity index (χ0n) is 11.3. The predicted molar refractivity (Wildman–Crippen MR) is 70.9 cm³/mol. The maximum Gasteiger partial charge on any atom is 0.204 e. The maximum atomic E-state index is 5.40. The lowest BCUT2D eigenvalue weighted by molar-refractivity contribution is 0.411. The number of aromatic nitrogens is 2. The highest BCUT2D eigenvalue weighted by atomic mass is 16.5. The van der Waals surface area contributed by atoms with Gasteiger partial charge in [-0.05, 0) is 12.8 Å². The van der Waals surface area contributed by atoms with Crippen LogP contribution < -0.4 is 15.0 Å². The second-order valence-corrected chi connectivity index (χ2v) is 4.26. The summed E-state index contributed by atoms with van der Waals surface area (Å²) in [6, 6.07) is 0. The zero-order chi connectivity index (χ0) is 12.8. The van der Waals surface area contributed by atoms with E-state index in [-0.39, 0.29) is 0 Å². The van der Waals surface area contributed by atoms with Gasteiger partial charge in [0, 0.05) is 20.1 Å². The first kappa shape index (κ1) is 13.5. The highest BCUT2D eigenvalue weighted by Gasteiger charge is 2.17. The van der Waals surface area contributed by atoms with Gasteiger partial charge in [0.05, 0.1) is 7.11 Å². The number of rotatable bonds is 6. The van der Waals surface area contributed by atoms with Crippen molar-refractivity contribution in [1.82, 2.24) is 9.97 Å². The first-order valence-corrected chi connectivity index (χ1v) is 5.95. The average Bonchev–Trinajstić information content (AvgIpc) is 2.34. The van der Waals surface area contributed by atoms with Gasteiger partial charge in [0.2, 0.25) is 5.75 Å². The first-order valence-electron chi connectivity index (χ1n) is 5.95. The second-order valence-electron chi connectivity index (χ2n) is 4.26. The van der Waals surface area contributed by atoms with E-state index in [9.17, 15) is 0 Å². The number of nitrogens with zero attached hydrogens (tertiary/aromatic N) is 3. The average molecular weight is 238 g/mol. The fourth-order valence-electron chi connectivity index (χ4n) is 1.76. The molecule has 0 radical (unpaired) electrons. The standard InChI is InChI=1S/C12H22N4O/c1-6-16(7-9(2)3)12-10(17-5)11(13-4)14-8-15-12/h8-9H,6-7H2,1-5H3,(H,13,14,15). The molecule has 1 N–H and O–H groups in total. The number of hydrogen-bond acceptors (Lipinski definition) is 5. The summed E-state index contributed by atoms with van der Waals surface area (Å²) >= 11 is 0. The highest BCUT2D eigenvalue weighted by molar-refractivity contribution is 5.64. The van der Waals surface area contributed by atoms with E-state index in [4.69, 9.17) is 4.74 Å². The van der Waals surface area contributed by atoms with Crippen LogP contribution in [0.2, 0.25) is 0 Å². The summed E-state index contributed by atoms with van der Waals surface area (Å²) < 4.78 is 5.40. The molecule has 96 valence electrons. The van der Waals surface area contributed by atoms with Crippen molar-refractivity contribution in [1.29, 1.82) is 0 Å². The quantitative estimate of drug-likeness (QED) is 0.821. The molecule has 0 aliphatic heterocycles. The number of anilines is 2. The third-order valence-electron chi connectivity index (χ3n) is 2.49. The lowest BCUT2D eigenvalue weighted by Gasteiger charge is -2.25. The fourth-order valence-corrected chi connectivity index (χ4v) is 1.76. The van der Waals surface area contributed by atoms with Crippen molar-refractivity contribution in [2.75, 3.05) is 37.5 Å². The number of hydrogen-bond donors (Lipinski definition) is 1. The Morgan fingerprint density at radius 2 is 2.12 bits per heavy atom. The van der Waals surface area contributed by atoms with E-state index < -0.39 is 0 Å². The monoisotopic (exact) mass is 238 g/mol. The molecule has 0 spiro atoms. The minimum atomic E-state index is 0.577. The molecular weight excluding hydrogens is 216 g/mol. The molecule has 0 aromatic carbocycles. The van der Waals surface area contributed by atoms with Gasteiger partial charge in [-0.3, -0.25) is 0 Å². The Hall–Kier alpha value is -1.52. The van der Waals surface area contributed by atoms with Gasteiger partial charge in [-0.25, -0.2) is 9.97 Å². The fraction of sp³-hybridized carbons (Fsp3) is 0.667. The zero-order valence-corrected chi connectivity index (χ0v) is 11.3. The Morgan fingerprint density at radius 3 is 2.59 bits per heavy atom. The minimum Gasteiger partial charge on any atom is -0.490 e. The van der Waals surface area contributed by atoms with Gasteiger partial charge in [-0.1, -0.05) is 13.8 Å². The molecule has 0 aliphatic carbocycles. The molecule has 0 saturated heterocycles. The highest BCUT2D eigenvalue weighted by Crippen LogP contribution is 2.31. The van der Waals surface area contributed by atoms with Gasteiger partial charge in [-0.2, -0.15) is 0 Å². The SMILES string of the molecule is CCN(CC(C)C)c1ncnc(NC)c1OC. The van der Waals surface area contributed by atoms with Crippen molar-refractivity contribution in [3.63, 3.8) is 0 Å². The van der Waals surface area contributed by atoms with Crippen LogP contribution in [0.3, 0.4) is 0 Å². The lowest BCUT2D eigenvalue weighted by Crippen LogP contribution is -2.28. The topological polar surface area (TPSA) is 50.3 Å². The van der Waals surface area contributed by atoms with Gasteiger partial charge in [0.1, 0.15) is 6.33 Å². The smallest absolute Gasteiger partial charge is 0.204 e. The predicted octanol–water partition coefficient (Wildman–Crippen LogP) is 2.01. The van der Waals surface area contributed by atoms with Crippen molar-refractivity contribution in [2.45, 2.75) is 20.8 Å². The largest absolute Gasteiger partial charge is 0.490 e. The van der Waals surface area contributed by atoms with Crippen molar-refractivity contribution < 1.29 is 4.74 Å². The molecule has 0 atom stereocenters. The Morgan fingerprint density at radius 1 is 1.41 bits per heavy atom. The normalized spacial score (nSPS) is 10.5. The third kappa shape index (κ3) is 3.22. The molecular formula is C12H22N4O. The summed E-state index contributed by atoms with van der Waals surface area (Å²) in [5, 5.41) is 3.02. The summed E-state index contributed by atoms with van der Waals surface area (Å²) in [5.41, 5.74) is 0. The van der Waals surface area contributed by atoms with Crippen LogP contribution in [-0.2, 0) is 0 Å². The summed E-state index contributed by atoms with van der Waals surface area (Å²) in [6.45, 7) is 8.34. The van der Waals surface area contributed by atoms with Crippen LogP contribution >= 0.6 is 0 Å². The van der Waals surface area contributed by atoms with Crippen LogP contribution in [0.4, 0.5) is 11.6 Å². The van der Waals surface area contributed by atoms with Crippen LogP contribution in [0, 0.1) is 5.92 Å². The van der Waals surface area contributed by atoms with E-state index in [1.54, 1.807) is 13.4 Å². The van der Waals surface area contributed by atoms with Crippen LogP contribution in [0.1, 0.15) is 20.8 Å². The lowest BCUT2D eigenvalue weighted by atomic mass is 10.2. The number of ether oxygens (including phenoxy) is 1. The van der Waals surface area contributed by atoms with Crippen molar-refractivity contribution in [3.8, 4) is 5.75 Å². The molecule has 0 fully saturated rings. The molecule has 1 rings (SSSR count). The molecule has 17 heavy (non-hydrogen) atoms. The Kier molecular flexibility index (Phi) is 5.00. The van der Waals surface area contributed by atoms with Crippen LogP contribution in [-0.4, -0.2) is 37.2 Å². The molecule has 0 aliphatic rings. The van der Waals surface area contributed by atoms with Gasteiger partial charge >= 0.3 is 0 Å². The molecule has 1 aromatic rings. The first-order chi connectivity index (χ1) is 8.13. The van der Waals surface area contributed by atoms with E-state index in [0.717, 1.165) is 24.7 Å². The van der Waals surface area contributed by atoms with E-state index in [0.29, 0.717) is 11.7 Å². The Labute approximate surface area is 103 Å². The summed E-state index contributed by atoms with van der Waals surface area (Å²) in [4.78, 5) is 10.7. The van der Waals surface area contributed by atoms with Crippen LogP contribution in [0.15, 0.2) is 6.33 Å². The molecule has 0 unspecified atom stereocenters. The summed E-state index contributed by atoms with van der Waals surface area (Å²) in [6.07, 6.45) is 1.56. The second kappa shape index (κ2) is 6.27. The molecule has 0 bridgehead atoms. The molecule has 5 nitrogen and oxygen atoms in total. The van der Waals surface area contributed by atoms with E-state index in [2.05, 4.69) is 41.0 Å². The molecule has 0 saturated carbocycles. The van der Waals surface area contributed by atoms with E-state index in [1.807, 2.05) is 7.05 Å². The van der Waals surface area contributed by atoms with Crippen LogP contribution in [0.5, 0.6) is 5.75 Å². The molecule has 1 heterocycles.